The molecule has 1 heterocycles. The minimum absolute atomic E-state index is 0. The Morgan fingerprint density at radius 3 is 2.12 bits per heavy atom. The molecule has 1 unspecified atom stereocenters. The molecule has 1 fully saturated rings. The molecule has 2 heteroatoms. The molecule has 1 N–H and O–H groups in total. The van der Waals surface area contributed by atoms with Gasteiger partial charge in [0.1, 0.15) is 0 Å². The number of hydrogen-bond donors (Lipinski definition) is 1. The van der Waals surface area contributed by atoms with Crippen LogP contribution in [0, 0.1) is 0 Å². The van der Waals surface area contributed by atoms with Crippen molar-refractivity contribution in [3.63, 3.8) is 0 Å². The van der Waals surface area contributed by atoms with E-state index in [4.69, 9.17) is 0 Å². The zero-order valence-electron chi connectivity index (χ0n) is 12.6. The molecule has 1 rings (SSSR count). The highest BCUT2D eigenvalue weighted by molar-refractivity contribution is 4.74. The molecule has 102 valence electrons. The molecular formula is C14H36N2. The average molecular weight is 232 g/mol. The second-order valence-corrected chi connectivity index (χ2v) is 4.25. The molecule has 1 aliphatic rings. The van der Waals surface area contributed by atoms with E-state index in [1.165, 1.54) is 32.4 Å². The van der Waals surface area contributed by atoms with Crippen molar-refractivity contribution in [1.29, 1.82) is 0 Å². The van der Waals surface area contributed by atoms with E-state index in [1.807, 2.05) is 27.7 Å². The van der Waals surface area contributed by atoms with Crippen LogP contribution in [0.4, 0.5) is 0 Å². The molecule has 1 atom stereocenters. The van der Waals surface area contributed by atoms with E-state index in [9.17, 15) is 0 Å². The van der Waals surface area contributed by atoms with Gasteiger partial charge in [-0.05, 0) is 39.4 Å². The van der Waals surface area contributed by atoms with Gasteiger partial charge in [-0.1, -0.05) is 41.5 Å². The van der Waals surface area contributed by atoms with Crippen molar-refractivity contribution in [2.75, 3.05) is 20.1 Å². The number of nitrogens with zero attached hydrogens (tertiary/aromatic N) is 1. The third-order valence-electron chi connectivity index (χ3n) is 2.52. The Hall–Kier alpha value is -0.0800. The summed E-state index contributed by atoms with van der Waals surface area (Å²) in [5.41, 5.74) is 0. The van der Waals surface area contributed by atoms with Crippen molar-refractivity contribution in [3.05, 3.63) is 0 Å². The first-order valence-electron chi connectivity index (χ1n) is 7.13. The van der Waals surface area contributed by atoms with Crippen molar-refractivity contribution in [2.45, 2.75) is 72.9 Å². The van der Waals surface area contributed by atoms with Gasteiger partial charge in [0.15, 0.2) is 0 Å². The Morgan fingerprint density at radius 1 is 1.06 bits per heavy atom. The third kappa shape index (κ3) is 10.4. The van der Waals surface area contributed by atoms with Gasteiger partial charge in [0.05, 0.1) is 0 Å². The normalized spacial score (nSPS) is 21.4. The van der Waals surface area contributed by atoms with Crippen molar-refractivity contribution in [1.82, 2.24) is 10.2 Å². The van der Waals surface area contributed by atoms with Crippen LogP contribution >= 0.6 is 0 Å². The Labute approximate surface area is 105 Å². The molecular weight excluding hydrogens is 196 g/mol. The second kappa shape index (κ2) is 13.0. The highest BCUT2D eigenvalue weighted by atomic mass is 15.1. The molecule has 1 saturated heterocycles. The second-order valence-electron chi connectivity index (χ2n) is 4.25. The van der Waals surface area contributed by atoms with Crippen LogP contribution in [0.15, 0.2) is 0 Å². The highest BCUT2D eigenvalue weighted by Gasteiger charge is 2.14. The minimum Gasteiger partial charge on any atom is -0.312 e. The maximum atomic E-state index is 3.62. The Kier molecular flexibility index (Phi) is 14.8. The molecule has 0 spiro atoms. The zero-order chi connectivity index (χ0) is 13.0. The fourth-order valence-corrected chi connectivity index (χ4v) is 1.88. The van der Waals surface area contributed by atoms with Gasteiger partial charge in [-0.3, -0.25) is 0 Å². The largest absolute Gasteiger partial charge is 0.312 e. The first-order valence-corrected chi connectivity index (χ1v) is 7.13. The van der Waals surface area contributed by atoms with Gasteiger partial charge in [-0.25, -0.2) is 0 Å². The van der Waals surface area contributed by atoms with Gasteiger partial charge in [0, 0.05) is 13.5 Å². The summed E-state index contributed by atoms with van der Waals surface area (Å²) in [6.07, 6.45) is 4.01. The summed E-state index contributed by atoms with van der Waals surface area (Å²) >= 11 is 0. The van der Waals surface area contributed by atoms with Crippen molar-refractivity contribution >= 4 is 0 Å². The topological polar surface area (TPSA) is 15.3 Å². The quantitative estimate of drug-likeness (QED) is 0.780. The van der Waals surface area contributed by atoms with Crippen molar-refractivity contribution < 1.29 is 1.43 Å². The van der Waals surface area contributed by atoms with E-state index in [1.54, 1.807) is 0 Å². The molecule has 0 saturated carbocycles. The van der Waals surface area contributed by atoms with Crippen LogP contribution in [0.1, 0.15) is 62.2 Å². The average Bonchev–Trinajstić information content (AvgIpc) is 2.49. The van der Waals surface area contributed by atoms with Crippen LogP contribution < -0.4 is 5.32 Å². The lowest BCUT2D eigenvalue weighted by molar-refractivity contribution is 0.341. The van der Waals surface area contributed by atoms with Gasteiger partial charge in [0.2, 0.25) is 0 Å². The molecule has 1 aliphatic heterocycles. The Balaban J connectivity index is -0.000000355. The van der Waals surface area contributed by atoms with E-state index < -0.39 is 0 Å². The predicted octanol–water partition coefficient (Wildman–Crippen LogP) is 3.77. The maximum Gasteiger partial charge on any atom is 0.00820 e. The fraction of sp³-hybridized carbons (Fsp3) is 1.00. The first-order chi connectivity index (χ1) is 7.68. The number of likely N-dealkylation sites (tertiary alicyclic amines) is 1. The summed E-state index contributed by atoms with van der Waals surface area (Å²) in [6, 6.07) is 1.40. The number of rotatable bonds is 2. The molecule has 0 bridgehead atoms. The lowest BCUT2D eigenvalue weighted by Crippen LogP contribution is -2.35. The van der Waals surface area contributed by atoms with Gasteiger partial charge in [-0.2, -0.15) is 0 Å². The highest BCUT2D eigenvalue weighted by Crippen LogP contribution is 2.09. The molecule has 0 aromatic carbocycles. The Morgan fingerprint density at radius 2 is 1.62 bits per heavy atom. The minimum atomic E-state index is 0. The van der Waals surface area contributed by atoms with E-state index in [0.29, 0.717) is 6.04 Å². The van der Waals surface area contributed by atoms with Crippen LogP contribution in [-0.2, 0) is 0 Å². The van der Waals surface area contributed by atoms with Crippen molar-refractivity contribution in [2.24, 2.45) is 0 Å². The van der Waals surface area contributed by atoms with E-state index in [0.717, 1.165) is 6.04 Å². The first kappa shape index (κ1) is 18.3. The SMILES string of the molecule is CC.CC.CC(C)NC1CCCN(C)CC1.[HH]. The summed E-state index contributed by atoms with van der Waals surface area (Å²) in [4.78, 5) is 2.43. The van der Waals surface area contributed by atoms with Gasteiger partial charge in [0.25, 0.3) is 0 Å². The lowest BCUT2D eigenvalue weighted by Gasteiger charge is -2.19. The Bertz CT molecular complexity index is 129. The zero-order valence-corrected chi connectivity index (χ0v) is 12.6. The number of hydrogen-bond acceptors (Lipinski definition) is 2. The van der Waals surface area contributed by atoms with Gasteiger partial charge >= 0.3 is 0 Å². The monoisotopic (exact) mass is 232 g/mol. The van der Waals surface area contributed by atoms with Crippen LogP contribution in [-0.4, -0.2) is 37.1 Å². The number of nitrogens with one attached hydrogen (secondary N) is 1. The van der Waals surface area contributed by atoms with E-state index in [-0.39, 0.29) is 1.43 Å². The van der Waals surface area contributed by atoms with Crippen LogP contribution in [0.2, 0.25) is 0 Å². The van der Waals surface area contributed by atoms with E-state index >= 15 is 0 Å². The van der Waals surface area contributed by atoms with Crippen LogP contribution in [0.25, 0.3) is 0 Å². The van der Waals surface area contributed by atoms with E-state index in [2.05, 4.69) is 31.1 Å². The van der Waals surface area contributed by atoms with Crippen molar-refractivity contribution in [3.8, 4) is 0 Å². The molecule has 0 aliphatic carbocycles. The molecule has 0 aromatic heterocycles. The maximum absolute atomic E-state index is 3.62. The molecule has 0 aromatic rings. The molecule has 2 nitrogen and oxygen atoms in total. The summed E-state index contributed by atoms with van der Waals surface area (Å²) in [5, 5.41) is 3.62. The fourth-order valence-electron chi connectivity index (χ4n) is 1.88. The summed E-state index contributed by atoms with van der Waals surface area (Å²) in [6.45, 7) is 15.0. The predicted molar refractivity (Wildman–Crippen MR) is 78.2 cm³/mol. The van der Waals surface area contributed by atoms with Crippen LogP contribution in [0.3, 0.4) is 0 Å². The third-order valence-corrected chi connectivity index (χ3v) is 2.52. The molecule has 16 heavy (non-hydrogen) atoms. The van der Waals surface area contributed by atoms with Gasteiger partial charge in [-0.15, -0.1) is 0 Å². The smallest absolute Gasteiger partial charge is 0.00820 e. The summed E-state index contributed by atoms with van der Waals surface area (Å²) < 4.78 is 0. The summed E-state index contributed by atoms with van der Waals surface area (Å²) in [7, 11) is 2.22. The summed E-state index contributed by atoms with van der Waals surface area (Å²) in [5.74, 6) is 0. The van der Waals surface area contributed by atoms with Crippen LogP contribution in [0.5, 0.6) is 0 Å². The van der Waals surface area contributed by atoms with Gasteiger partial charge < -0.3 is 10.2 Å². The molecule has 0 amide bonds. The standard InChI is InChI=1S/C10H22N2.2C2H6.H2/c1-9(2)11-10-5-4-7-12(3)8-6-10;2*1-2;/h9-11H,4-8H2,1-3H3;2*1-2H3;1H. The molecule has 0 radical (unpaired) electrons. The lowest BCUT2D eigenvalue weighted by atomic mass is 10.1.